The Bertz CT molecular complexity index is 796. The van der Waals surface area contributed by atoms with Crippen molar-refractivity contribution in [1.82, 2.24) is 5.43 Å². The third-order valence-corrected chi connectivity index (χ3v) is 4.41. The van der Waals surface area contributed by atoms with Crippen LogP contribution in [0.5, 0.6) is 5.75 Å². The number of nitrogens with one attached hydrogen (secondary N) is 1. The van der Waals surface area contributed by atoms with Crippen LogP contribution in [-0.2, 0) is 4.79 Å². The molecule has 0 aliphatic carbocycles. The molecule has 0 unspecified atom stereocenters. The maximum absolute atomic E-state index is 11.8. The van der Waals surface area contributed by atoms with E-state index in [9.17, 15) is 9.59 Å². The van der Waals surface area contributed by atoms with Crippen molar-refractivity contribution in [3.05, 3.63) is 51.2 Å². The lowest BCUT2D eigenvalue weighted by atomic mass is 10.1. The van der Waals surface area contributed by atoms with E-state index in [1.165, 1.54) is 6.07 Å². The maximum Gasteiger partial charge on any atom is 0.345 e. The molecule has 126 valence electrons. The van der Waals surface area contributed by atoms with E-state index >= 15 is 0 Å². The molecule has 2 rings (SSSR count). The number of hydrogen-bond donors (Lipinski definition) is 2. The van der Waals surface area contributed by atoms with Crippen LogP contribution in [0.2, 0.25) is 0 Å². The molecule has 0 radical (unpaired) electrons. The van der Waals surface area contributed by atoms with Crippen LogP contribution in [0.15, 0.2) is 35.4 Å². The number of aromatic carboxylic acids is 1. The van der Waals surface area contributed by atoms with Gasteiger partial charge in [-0.1, -0.05) is 12.1 Å². The predicted molar refractivity (Wildman–Crippen MR) is 93.0 cm³/mol. The molecule has 0 aliphatic heterocycles. The van der Waals surface area contributed by atoms with Crippen LogP contribution in [0.4, 0.5) is 0 Å². The number of rotatable bonds is 6. The molecule has 2 aromatic rings. The second-order valence-electron chi connectivity index (χ2n) is 5.26. The fourth-order valence-electron chi connectivity index (χ4n) is 1.89. The number of hydrazone groups is 1. The predicted octanol–water partition coefficient (Wildman–Crippen LogP) is 2.98. The summed E-state index contributed by atoms with van der Waals surface area (Å²) in [6.45, 7) is 5.41. The van der Waals surface area contributed by atoms with Gasteiger partial charge in [-0.05, 0) is 50.1 Å². The number of nitrogens with zero attached hydrogens (tertiary/aromatic N) is 1. The van der Waals surface area contributed by atoms with Gasteiger partial charge in [0.15, 0.2) is 6.61 Å². The number of carboxylic acids is 1. The van der Waals surface area contributed by atoms with Gasteiger partial charge >= 0.3 is 5.97 Å². The fraction of sp³-hybridized carbons (Fsp3) is 0.235. The van der Waals surface area contributed by atoms with Crippen molar-refractivity contribution in [3.63, 3.8) is 0 Å². The molecule has 0 saturated carbocycles. The maximum atomic E-state index is 11.8. The monoisotopic (exact) mass is 346 g/mol. The van der Waals surface area contributed by atoms with Crippen LogP contribution >= 0.6 is 11.3 Å². The number of carbonyl (C=O) groups excluding carboxylic acids is 1. The molecule has 0 atom stereocenters. The molecule has 7 heteroatoms. The van der Waals surface area contributed by atoms with E-state index in [0.29, 0.717) is 16.3 Å². The first-order chi connectivity index (χ1) is 11.4. The molecule has 1 aromatic heterocycles. The van der Waals surface area contributed by atoms with Crippen LogP contribution in [0, 0.1) is 13.8 Å². The normalized spacial score (nSPS) is 11.2. The molecule has 2 N–H and O–H groups in total. The summed E-state index contributed by atoms with van der Waals surface area (Å²) in [5, 5.41) is 12.9. The Morgan fingerprint density at radius 3 is 2.58 bits per heavy atom. The molecule has 1 amide bonds. The summed E-state index contributed by atoms with van der Waals surface area (Å²) < 4.78 is 5.50. The standard InChI is InChI=1S/C17H18N2O4S/c1-10-4-5-11(2)13(8-10)23-9-16(20)19-18-12(3)14-6-7-15(24-14)17(21)22/h4-8H,9H2,1-3H3,(H,19,20)(H,21,22)/b18-12-. The third kappa shape index (κ3) is 4.66. The Morgan fingerprint density at radius 2 is 1.92 bits per heavy atom. The topological polar surface area (TPSA) is 88.0 Å². The summed E-state index contributed by atoms with van der Waals surface area (Å²) in [7, 11) is 0. The van der Waals surface area contributed by atoms with Gasteiger partial charge in [-0.2, -0.15) is 5.10 Å². The molecule has 24 heavy (non-hydrogen) atoms. The van der Waals surface area contributed by atoms with E-state index in [-0.39, 0.29) is 17.4 Å². The number of aryl methyl sites for hydroxylation is 2. The summed E-state index contributed by atoms with van der Waals surface area (Å²) in [5.41, 5.74) is 4.95. The highest BCUT2D eigenvalue weighted by atomic mass is 32.1. The van der Waals surface area contributed by atoms with Crippen LogP contribution in [0.3, 0.4) is 0 Å². The third-order valence-electron chi connectivity index (χ3n) is 3.22. The van der Waals surface area contributed by atoms with Crippen molar-refractivity contribution >= 4 is 28.9 Å². The summed E-state index contributed by atoms with van der Waals surface area (Å²) in [4.78, 5) is 23.6. The highest BCUT2D eigenvalue weighted by molar-refractivity contribution is 7.15. The van der Waals surface area contributed by atoms with Gasteiger partial charge in [0, 0.05) is 0 Å². The molecule has 0 spiro atoms. The van der Waals surface area contributed by atoms with Crippen molar-refractivity contribution in [2.75, 3.05) is 6.61 Å². The van der Waals surface area contributed by atoms with E-state index in [2.05, 4.69) is 10.5 Å². The quantitative estimate of drug-likeness (QED) is 0.622. The second kappa shape index (κ2) is 7.74. The van der Waals surface area contributed by atoms with E-state index < -0.39 is 5.97 Å². The Balaban J connectivity index is 1.91. The lowest BCUT2D eigenvalue weighted by molar-refractivity contribution is -0.123. The number of benzene rings is 1. The number of hydrogen-bond acceptors (Lipinski definition) is 5. The number of carboxylic acid groups (broad SMARTS) is 1. The summed E-state index contributed by atoms with van der Waals surface area (Å²) in [6, 6.07) is 8.94. The van der Waals surface area contributed by atoms with Crippen molar-refractivity contribution in [3.8, 4) is 5.75 Å². The molecule has 0 fully saturated rings. The van der Waals surface area contributed by atoms with E-state index in [1.54, 1.807) is 13.0 Å². The summed E-state index contributed by atoms with van der Waals surface area (Å²) in [5.74, 6) is -0.703. The zero-order chi connectivity index (χ0) is 17.7. The molecule has 6 nitrogen and oxygen atoms in total. The molecular weight excluding hydrogens is 328 g/mol. The van der Waals surface area contributed by atoms with Crippen molar-refractivity contribution in [2.24, 2.45) is 5.10 Å². The lowest BCUT2D eigenvalue weighted by Crippen LogP contribution is -2.25. The number of ether oxygens (including phenoxy) is 1. The van der Waals surface area contributed by atoms with Gasteiger partial charge in [-0.15, -0.1) is 11.3 Å². The van der Waals surface area contributed by atoms with Crippen molar-refractivity contribution in [1.29, 1.82) is 0 Å². The Morgan fingerprint density at radius 1 is 1.21 bits per heavy atom. The molecule has 0 bridgehead atoms. The van der Waals surface area contributed by atoms with Crippen molar-refractivity contribution < 1.29 is 19.4 Å². The minimum Gasteiger partial charge on any atom is -0.483 e. The van der Waals surface area contributed by atoms with Crippen LogP contribution in [0.25, 0.3) is 0 Å². The van der Waals surface area contributed by atoms with E-state index in [0.717, 1.165) is 22.5 Å². The van der Waals surface area contributed by atoms with Gasteiger partial charge in [0.1, 0.15) is 10.6 Å². The molecule has 1 aromatic carbocycles. The van der Waals surface area contributed by atoms with Crippen LogP contribution < -0.4 is 10.2 Å². The van der Waals surface area contributed by atoms with Crippen LogP contribution in [-0.4, -0.2) is 29.3 Å². The first-order valence-corrected chi connectivity index (χ1v) is 8.05. The van der Waals surface area contributed by atoms with Gasteiger partial charge < -0.3 is 9.84 Å². The minimum absolute atomic E-state index is 0.147. The highest BCUT2D eigenvalue weighted by Gasteiger charge is 2.09. The molecule has 1 heterocycles. The van der Waals surface area contributed by atoms with Crippen molar-refractivity contribution in [2.45, 2.75) is 20.8 Å². The fourth-order valence-corrected chi connectivity index (χ4v) is 2.68. The first-order valence-electron chi connectivity index (χ1n) is 7.23. The molecule has 0 aliphatic rings. The number of amides is 1. The second-order valence-corrected chi connectivity index (χ2v) is 6.34. The Hall–Kier alpha value is -2.67. The number of carbonyl (C=O) groups is 2. The Kier molecular flexibility index (Phi) is 5.70. The molecular formula is C17H18N2O4S. The minimum atomic E-state index is -0.981. The zero-order valence-electron chi connectivity index (χ0n) is 13.6. The van der Waals surface area contributed by atoms with Gasteiger partial charge in [-0.3, -0.25) is 4.79 Å². The average molecular weight is 346 g/mol. The van der Waals surface area contributed by atoms with Crippen LogP contribution in [0.1, 0.15) is 32.6 Å². The zero-order valence-corrected chi connectivity index (χ0v) is 14.4. The van der Waals surface area contributed by atoms with Gasteiger partial charge in [0.05, 0.1) is 10.6 Å². The Labute approximate surface area is 143 Å². The largest absolute Gasteiger partial charge is 0.483 e. The smallest absolute Gasteiger partial charge is 0.345 e. The van der Waals surface area contributed by atoms with E-state index in [1.807, 2.05) is 32.0 Å². The first kappa shape index (κ1) is 17.7. The van der Waals surface area contributed by atoms with Gasteiger partial charge in [0.25, 0.3) is 5.91 Å². The highest BCUT2D eigenvalue weighted by Crippen LogP contribution is 2.19. The average Bonchev–Trinajstić information content (AvgIpc) is 3.03. The number of thiophene rings is 1. The van der Waals surface area contributed by atoms with E-state index in [4.69, 9.17) is 9.84 Å². The summed E-state index contributed by atoms with van der Waals surface area (Å²) >= 11 is 1.10. The van der Waals surface area contributed by atoms with Gasteiger partial charge in [0.2, 0.25) is 0 Å². The van der Waals surface area contributed by atoms with Gasteiger partial charge in [-0.25, -0.2) is 10.2 Å². The molecule has 0 saturated heterocycles. The summed E-state index contributed by atoms with van der Waals surface area (Å²) in [6.07, 6.45) is 0. The lowest BCUT2D eigenvalue weighted by Gasteiger charge is -2.09. The SMILES string of the molecule is C/C(=N/NC(=O)COc1cc(C)ccc1C)c1ccc(C(=O)O)s1.